The molecule has 2 heterocycles. The van der Waals surface area contributed by atoms with Gasteiger partial charge in [-0.1, -0.05) is 30.3 Å². The molecule has 2 aromatic carbocycles. The molecule has 122 valence electrons. The van der Waals surface area contributed by atoms with Crippen LogP contribution in [0.25, 0.3) is 10.8 Å². The van der Waals surface area contributed by atoms with E-state index in [1.807, 2.05) is 30.3 Å². The number of benzene rings is 2. The summed E-state index contributed by atoms with van der Waals surface area (Å²) < 4.78 is 7.63. The second-order valence-corrected chi connectivity index (χ2v) is 6.05. The summed E-state index contributed by atoms with van der Waals surface area (Å²) in [5, 5.41) is 23.6. The van der Waals surface area contributed by atoms with E-state index in [-0.39, 0.29) is 11.9 Å². The minimum Gasteiger partial charge on any atom is -0.507 e. The van der Waals surface area contributed by atoms with Crippen LogP contribution in [0.4, 0.5) is 0 Å². The number of phenols is 1. The summed E-state index contributed by atoms with van der Waals surface area (Å²) in [4.78, 5) is 0. The van der Waals surface area contributed by atoms with Crippen molar-refractivity contribution in [2.24, 2.45) is 5.10 Å². The average Bonchev–Trinajstić information content (AvgIpc) is 3.24. The number of nitrogens with one attached hydrogen (secondary N) is 1. The van der Waals surface area contributed by atoms with Crippen LogP contribution in [0.5, 0.6) is 5.75 Å². The molecule has 0 aliphatic carbocycles. The lowest BCUT2D eigenvalue weighted by Gasteiger charge is -2.08. The molecule has 1 aliphatic rings. The van der Waals surface area contributed by atoms with Crippen LogP contribution < -0.4 is 0 Å². The second-order valence-electron chi connectivity index (χ2n) is 5.66. The highest BCUT2D eigenvalue weighted by molar-refractivity contribution is 7.71. The van der Waals surface area contributed by atoms with Crippen LogP contribution in [0, 0.1) is 4.77 Å². The highest BCUT2D eigenvalue weighted by atomic mass is 32.1. The fourth-order valence-corrected chi connectivity index (χ4v) is 3.13. The highest BCUT2D eigenvalue weighted by Gasteiger charge is 2.23. The average molecular weight is 340 g/mol. The number of fused-ring (bicyclic) bond motifs is 1. The van der Waals surface area contributed by atoms with Crippen LogP contribution in [-0.2, 0) is 4.74 Å². The molecule has 1 atom stereocenters. The summed E-state index contributed by atoms with van der Waals surface area (Å²) in [7, 11) is 0. The fraction of sp³-hybridized carbons (Fsp3) is 0.235. The molecular formula is C17H16N4O2S. The smallest absolute Gasteiger partial charge is 0.216 e. The lowest BCUT2D eigenvalue weighted by molar-refractivity contribution is 0.102. The number of ether oxygens (including phenoxy) is 1. The predicted octanol–water partition coefficient (Wildman–Crippen LogP) is 3.53. The topological polar surface area (TPSA) is 75.4 Å². The van der Waals surface area contributed by atoms with Crippen molar-refractivity contribution in [2.45, 2.75) is 18.9 Å². The normalized spacial score (nSPS) is 17.9. The molecule has 2 N–H and O–H groups in total. The minimum absolute atomic E-state index is 0.101. The van der Waals surface area contributed by atoms with E-state index in [4.69, 9.17) is 17.0 Å². The van der Waals surface area contributed by atoms with E-state index >= 15 is 0 Å². The Morgan fingerprint density at radius 1 is 1.33 bits per heavy atom. The zero-order chi connectivity index (χ0) is 16.5. The SMILES string of the molecule is Oc1ccc2ccccc2c1/C=N\n1c(C2CCCO2)n[nH]c1=S. The summed E-state index contributed by atoms with van der Waals surface area (Å²) >= 11 is 5.27. The standard InChI is InChI=1S/C17H16N4O2S/c22-14-8-7-11-4-1-2-5-12(11)13(14)10-18-21-16(19-20-17(21)24)15-6-3-9-23-15/h1-2,4-5,7-8,10,15,22H,3,6,9H2,(H,20,24)/b18-10-. The fourth-order valence-electron chi connectivity index (χ4n) is 2.94. The Hall–Kier alpha value is -2.51. The van der Waals surface area contributed by atoms with Crippen molar-refractivity contribution in [1.82, 2.24) is 14.9 Å². The van der Waals surface area contributed by atoms with Crippen molar-refractivity contribution in [3.8, 4) is 5.75 Å². The molecule has 1 aliphatic heterocycles. The van der Waals surface area contributed by atoms with Crippen LogP contribution >= 0.6 is 12.2 Å². The highest BCUT2D eigenvalue weighted by Crippen LogP contribution is 2.28. The van der Waals surface area contributed by atoms with Gasteiger partial charge in [0.1, 0.15) is 11.9 Å². The Morgan fingerprint density at radius 2 is 2.21 bits per heavy atom. The van der Waals surface area contributed by atoms with Gasteiger partial charge in [-0.3, -0.25) is 5.10 Å². The Balaban J connectivity index is 1.78. The summed E-state index contributed by atoms with van der Waals surface area (Å²) in [6.45, 7) is 0.720. The second kappa shape index (κ2) is 6.18. The monoisotopic (exact) mass is 340 g/mol. The largest absolute Gasteiger partial charge is 0.507 e. The third-order valence-corrected chi connectivity index (χ3v) is 4.41. The quantitative estimate of drug-likeness (QED) is 0.565. The first-order valence-corrected chi connectivity index (χ1v) is 8.19. The molecule has 3 aromatic rings. The lowest BCUT2D eigenvalue weighted by Crippen LogP contribution is -2.05. The molecule has 1 aromatic heterocycles. The number of H-pyrrole nitrogens is 1. The van der Waals surface area contributed by atoms with E-state index < -0.39 is 0 Å². The Kier molecular flexibility index (Phi) is 3.87. The molecule has 0 bridgehead atoms. The number of aromatic hydroxyl groups is 1. The molecule has 1 fully saturated rings. The molecular weight excluding hydrogens is 324 g/mol. The summed E-state index contributed by atoms with van der Waals surface area (Å²) in [6.07, 6.45) is 3.41. The molecule has 24 heavy (non-hydrogen) atoms. The number of rotatable bonds is 3. The maximum Gasteiger partial charge on any atom is 0.216 e. The Bertz CT molecular complexity index is 970. The van der Waals surface area contributed by atoms with Gasteiger partial charge in [-0.2, -0.15) is 14.9 Å². The van der Waals surface area contributed by atoms with Crippen molar-refractivity contribution in [3.05, 3.63) is 52.6 Å². The van der Waals surface area contributed by atoms with Gasteiger partial charge in [-0.05, 0) is 41.9 Å². The third kappa shape index (κ3) is 2.61. The van der Waals surface area contributed by atoms with Gasteiger partial charge in [-0.15, -0.1) is 0 Å². The van der Waals surface area contributed by atoms with Crippen LogP contribution in [0.2, 0.25) is 0 Å². The van der Waals surface area contributed by atoms with Crippen molar-refractivity contribution in [1.29, 1.82) is 0 Å². The van der Waals surface area contributed by atoms with E-state index in [0.29, 0.717) is 16.2 Å². The van der Waals surface area contributed by atoms with E-state index in [1.54, 1.807) is 17.0 Å². The number of hydrogen-bond donors (Lipinski definition) is 2. The first-order chi connectivity index (χ1) is 11.7. The van der Waals surface area contributed by atoms with E-state index in [9.17, 15) is 5.11 Å². The van der Waals surface area contributed by atoms with Gasteiger partial charge < -0.3 is 9.84 Å². The molecule has 1 unspecified atom stereocenters. The first-order valence-electron chi connectivity index (χ1n) is 7.78. The lowest BCUT2D eigenvalue weighted by atomic mass is 10.0. The van der Waals surface area contributed by atoms with Crippen LogP contribution in [0.1, 0.15) is 30.3 Å². The maximum absolute atomic E-state index is 10.2. The molecule has 0 radical (unpaired) electrons. The van der Waals surface area contributed by atoms with Crippen LogP contribution in [0.15, 0.2) is 41.5 Å². The van der Waals surface area contributed by atoms with Gasteiger partial charge in [0.05, 0.1) is 6.21 Å². The van der Waals surface area contributed by atoms with Gasteiger partial charge >= 0.3 is 0 Å². The first kappa shape index (κ1) is 15.0. The van der Waals surface area contributed by atoms with Gasteiger partial charge in [0, 0.05) is 12.2 Å². The van der Waals surface area contributed by atoms with Gasteiger partial charge in [-0.25, -0.2) is 0 Å². The molecule has 7 heteroatoms. The summed E-state index contributed by atoms with van der Waals surface area (Å²) in [5.41, 5.74) is 0.648. The minimum atomic E-state index is -0.101. The third-order valence-electron chi connectivity index (χ3n) is 4.14. The summed E-state index contributed by atoms with van der Waals surface area (Å²) in [6, 6.07) is 11.4. The predicted molar refractivity (Wildman–Crippen MR) is 93.9 cm³/mol. The zero-order valence-electron chi connectivity index (χ0n) is 12.8. The van der Waals surface area contributed by atoms with Crippen molar-refractivity contribution in [2.75, 3.05) is 6.61 Å². The molecule has 0 amide bonds. The number of aromatic amines is 1. The van der Waals surface area contributed by atoms with E-state index in [1.165, 1.54) is 0 Å². The van der Waals surface area contributed by atoms with Gasteiger partial charge in [0.2, 0.25) is 4.77 Å². The van der Waals surface area contributed by atoms with Crippen LogP contribution in [0.3, 0.4) is 0 Å². The number of hydrogen-bond acceptors (Lipinski definition) is 5. The Labute approximate surface area is 143 Å². The van der Waals surface area contributed by atoms with Crippen molar-refractivity contribution < 1.29 is 9.84 Å². The van der Waals surface area contributed by atoms with Crippen molar-refractivity contribution >= 4 is 29.2 Å². The number of aromatic nitrogens is 3. The molecule has 6 nitrogen and oxygen atoms in total. The maximum atomic E-state index is 10.2. The van der Waals surface area contributed by atoms with E-state index in [2.05, 4.69) is 15.3 Å². The van der Waals surface area contributed by atoms with Gasteiger partial charge in [0.25, 0.3) is 0 Å². The molecule has 0 saturated carbocycles. The molecule has 0 spiro atoms. The van der Waals surface area contributed by atoms with Crippen molar-refractivity contribution in [3.63, 3.8) is 0 Å². The van der Waals surface area contributed by atoms with Gasteiger partial charge in [0.15, 0.2) is 5.82 Å². The van der Waals surface area contributed by atoms with Crippen LogP contribution in [-0.4, -0.2) is 32.8 Å². The molecule has 4 rings (SSSR count). The molecule has 1 saturated heterocycles. The Morgan fingerprint density at radius 3 is 3.04 bits per heavy atom. The number of phenolic OH excluding ortho intramolecular Hbond substituents is 1. The van der Waals surface area contributed by atoms with E-state index in [0.717, 1.165) is 30.2 Å². The number of nitrogens with zero attached hydrogens (tertiary/aromatic N) is 3. The summed E-state index contributed by atoms with van der Waals surface area (Å²) in [5.74, 6) is 0.833. The zero-order valence-corrected chi connectivity index (χ0v) is 13.7.